The van der Waals surface area contributed by atoms with Gasteiger partial charge in [-0.15, -0.1) is 0 Å². The molecule has 1 amide bonds. The van der Waals surface area contributed by atoms with Gasteiger partial charge in [0.25, 0.3) is 0 Å². The largest absolute Gasteiger partial charge is 0.325 e. The summed E-state index contributed by atoms with van der Waals surface area (Å²) in [6.45, 7) is 2.56. The van der Waals surface area contributed by atoms with Gasteiger partial charge in [0.15, 0.2) is 0 Å². The van der Waals surface area contributed by atoms with Gasteiger partial charge in [-0.05, 0) is 37.7 Å². The molecule has 3 N–H and O–H groups in total. The van der Waals surface area contributed by atoms with Gasteiger partial charge in [-0.25, -0.2) is 4.79 Å². The van der Waals surface area contributed by atoms with E-state index in [4.69, 9.17) is 0 Å². The van der Waals surface area contributed by atoms with Crippen molar-refractivity contribution < 1.29 is 4.79 Å². The van der Waals surface area contributed by atoms with Crippen LogP contribution in [0.1, 0.15) is 12.5 Å². The highest BCUT2D eigenvalue weighted by molar-refractivity contribution is 5.96. The van der Waals surface area contributed by atoms with Crippen LogP contribution >= 0.6 is 0 Å². The quantitative estimate of drug-likeness (QED) is 0.674. The van der Waals surface area contributed by atoms with Crippen LogP contribution in [-0.4, -0.2) is 33.9 Å². The Balaban J connectivity index is 1.67. The van der Waals surface area contributed by atoms with Gasteiger partial charge in [-0.1, -0.05) is 30.3 Å². The molecule has 1 aromatic heterocycles. The van der Waals surface area contributed by atoms with Crippen molar-refractivity contribution in [2.45, 2.75) is 19.5 Å². The molecule has 0 spiro atoms. The van der Waals surface area contributed by atoms with Crippen LogP contribution in [-0.2, 0) is 11.3 Å². The maximum Gasteiger partial charge on any atom is 0.323 e. The Hall–Kier alpha value is -2.86. The van der Waals surface area contributed by atoms with Gasteiger partial charge in [-0.3, -0.25) is 9.69 Å². The maximum absolute atomic E-state index is 12.5. The lowest BCUT2D eigenvalue weighted by atomic mass is 10.2. The summed E-state index contributed by atoms with van der Waals surface area (Å²) in [4.78, 5) is 31.1. The second-order valence-corrected chi connectivity index (χ2v) is 5.91. The van der Waals surface area contributed by atoms with E-state index in [0.717, 1.165) is 5.56 Å². The number of carbonyl (C=O) groups is 1. The number of likely N-dealkylation sites (N-methyl/N-ethyl adjacent to an activating group) is 1. The van der Waals surface area contributed by atoms with E-state index >= 15 is 0 Å². The van der Waals surface area contributed by atoms with Gasteiger partial charge < -0.3 is 15.3 Å². The highest BCUT2D eigenvalue weighted by Crippen LogP contribution is 2.15. The average Bonchev–Trinajstić information content (AvgIpc) is 2.94. The molecule has 0 aliphatic rings. The fourth-order valence-electron chi connectivity index (χ4n) is 2.57. The van der Waals surface area contributed by atoms with Crippen LogP contribution in [0.4, 0.5) is 5.69 Å². The number of hydrogen-bond donors (Lipinski definition) is 3. The summed E-state index contributed by atoms with van der Waals surface area (Å²) >= 11 is 0. The third-order valence-corrected chi connectivity index (χ3v) is 4.10. The first-order chi connectivity index (χ1) is 11.5. The average molecular weight is 324 g/mol. The molecule has 1 atom stereocenters. The van der Waals surface area contributed by atoms with Crippen molar-refractivity contribution in [2.24, 2.45) is 0 Å². The molecule has 0 aliphatic carbocycles. The maximum atomic E-state index is 12.5. The van der Waals surface area contributed by atoms with Crippen molar-refractivity contribution in [3.05, 3.63) is 64.6 Å². The molecule has 0 saturated carbocycles. The van der Waals surface area contributed by atoms with Crippen LogP contribution in [0.3, 0.4) is 0 Å². The number of nitrogens with zero attached hydrogens (tertiary/aromatic N) is 1. The zero-order valence-electron chi connectivity index (χ0n) is 13.7. The van der Waals surface area contributed by atoms with E-state index in [-0.39, 0.29) is 17.6 Å². The number of benzene rings is 2. The van der Waals surface area contributed by atoms with Crippen LogP contribution in [0.2, 0.25) is 0 Å². The Morgan fingerprint density at radius 2 is 1.83 bits per heavy atom. The number of hydrogen-bond acceptors (Lipinski definition) is 3. The summed E-state index contributed by atoms with van der Waals surface area (Å²) < 4.78 is 0. The molecule has 2 aromatic carbocycles. The van der Waals surface area contributed by atoms with Gasteiger partial charge in [-0.2, -0.15) is 0 Å². The van der Waals surface area contributed by atoms with E-state index in [9.17, 15) is 9.59 Å². The monoisotopic (exact) mass is 324 g/mol. The third kappa shape index (κ3) is 3.55. The van der Waals surface area contributed by atoms with Crippen molar-refractivity contribution in [2.75, 3.05) is 12.4 Å². The number of anilines is 1. The Morgan fingerprint density at radius 1 is 1.12 bits per heavy atom. The molecular formula is C18H20N4O2. The van der Waals surface area contributed by atoms with E-state index in [1.54, 1.807) is 18.2 Å². The van der Waals surface area contributed by atoms with Crippen molar-refractivity contribution in [3.8, 4) is 0 Å². The predicted molar refractivity (Wildman–Crippen MR) is 94.9 cm³/mol. The lowest BCUT2D eigenvalue weighted by molar-refractivity contribution is -0.120. The van der Waals surface area contributed by atoms with E-state index in [0.29, 0.717) is 23.3 Å². The normalized spacial score (nSPS) is 12.5. The van der Waals surface area contributed by atoms with Gasteiger partial charge in [0.05, 0.1) is 17.1 Å². The molecular weight excluding hydrogens is 304 g/mol. The Bertz CT molecular complexity index is 898. The molecule has 0 fully saturated rings. The predicted octanol–water partition coefficient (Wildman–Crippen LogP) is 2.32. The lowest BCUT2D eigenvalue weighted by Gasteiger charge is -2.24. The van der Waals surface area contributed by atoms with Crippen LogP contribution in [0, 0.1) is 0 Å². The van der Waals surface area contributed by atoms with Crippen LogP contribution in [0.15, 0.2) is 53.3 Å². The minimum absolute atomic E-state index is 0.0920. The molecule has 3 aromatic rings. The molecule has 0 aliphatic heterocycles. The molecule has 1 heterocycles. The summed E-state index contributed by atoms with van der Waals surface area (Å²) in [5.74, 6) is -0.0920. The van der Waals surface area contributed by atoms with Crippen molar-refractivity contribution >= 4 is 22.6 Å². The fourth-order valence-corrected chi connectivity index (χ4v) is 2.57. The smallest absolute Gasteiger partial charge is 0.323 e. The number of aromatic amines is 2. The second kappa shape index (κ2) is 6.72. The lowest BCUT2D eigenvalue weighted by Crippen LogP contribution is -2.39. The first kappa shape index (κ1) is 16.0. The van der Waals surface area contributed by atoms with Crippen LogP contribution < -0.4 is 11.0 Å². The summed E-state index contributed by atoms with van der Waals surface area (Å²) in [5, 5.41) is 2.89. The van der Waals surface area contributed by atoms with Gasteiger partial charge in [0.2, 0.25) is 5.91 Å². The number of fused-ring (bicyclic) bond motifs is 1. The molecule has 124 valence electrons. The Kier molecular flexibility index (Phi) is 4.48. The van der Waals surface area contributed by atoms with Gasteiger partial charge >= 0.3 is 5.69 Å². The SMILES string of the molecule is CC(C(=O)Nc1ccc2[nH]c(=O)[nH]c2c1)N(C)Cc1ccccc1. The molecule has 1 unspecified atom stereocenters. The van der Waals surface area contributed by atoms with Gasteiger partial charge in [0.1, 0.15) is 0 Å². The molecule has 6 nitrogen and oxygen atoms in total. The highest BCUT2D eigenvalue weighted by atomic mass is 16.2. The summed E-state index contributed by atoms with van der Waals surface area (Å²) in [7, 11) is 1.92. The molecule has 0 radical (unpaired) electrons. The first-order valence-electron chi connectivity index (χ1n) is 7.80. The molecule has 24 heavy (non-hydrogen) atoms. The zero-order chi connectivity index (χ0) is 17.1. The molecule has 0 saturated heterocycles. The Morgan fingerprint density at radius 3 is 2.58 bits per heavy atom. The summed E-state index contributed by atoms with van der Waals surface area (Å²) in [5.41, 5.74) is 2.94. The van der Waals surface area contributed by atoms with E-state index in [1.165, 1.54) is 0 Å². The van der Waals surface area contributed by atoms with E-state index in [1.807, 2.05) is 49.2 Å². The zero-order valence-corrected chi connectivity index (χ0v) is 13.7. The third-order valence-electron chi connectivity index (χ3n) is 4.10. The summed E-state index contributed by atoms with van der Waals surface area (Å²) in [6.07, 6.45) is 0. The topological polar surface area (TPSA) is 81.0 Å². The number of nitrogens with one attached hydrogen (secondary N) is 3. The van der Waals surface area contributed by atoms with Crippen molar-refractivity contribution in [3.63, 3.8) is 0 Å². The number of aromatic nitrogens is 2. The molecule has 6 heteroatoms. The standard InChI is InChI=1S/C18H20N4O2/c1-12(22(2)11-13-6-4-3-5-7-13)17(23)19-14-8-9-15-16(10-14)21-18(24)20-15/h3-10,12H,11H2,1-2H3,(H,19,23)(H2,20,21,24). The van der Waals surface area contributed by atoms with Crippen LogP contribution in [0.25, 0.3) is 11.0 Å². The Labute approximate surface area is 139 Å². The highest BCUT2D eigenvalue weighted by Gasteiger charge is 2.18. The van der Waals surface area contributed by atoms with E-state index in [2.05, 4.69) is 15.3 Å². The van der Waals surface area contributed by atoms with Crippen molar-refractivity contribution in [1.29, 1.82) is 0 Å². The number of H-pyrrole nitrogens is 2. The fraction of sp³-hybridized carbons (Fsp3) is 0.222. The minimum Gasteiger partial charge on any atom is -0.325 e. The number of carbonyl (C=O) groups excluding carboxylic acids is 1. The molecule has 0 bridgehead atoms. The number of rotatable bonds is 5. The minimum atomic E-state index is -0.286. The van der Waals surface area contributed by atoms with Crippen molar-refractivity contribution in [1.82, 2.24) is 14.9 Å². The number of imidazole rings is 1. The van der Waals surface area contributed by atoms with Crippen LogP contribution in [0.5, 0.6) is 0 Å². The molecule has 3 rings (SSSR count). The van der Waals surface area contributed by atoms with E-state index < -0.39 is 0 Å². The summed E-state index contributed by atoms with van der Waals surface area (Å²) in [6, 6.07) is 15.0. The second-order valence-electron chi connectivity index (χ2n) is 5.91. The number of amides is 1. The first-order valence-corrected chi connectivity index (χ1v) is 7.80. The van der Waals surface area contributed by atoms with Gasteiger partial charge in [0, 0.05) is 12.2 Å².